The third-order valence-corrected chi connectivity index (χ3v) is 2.76. The van der Waals surface area contributed by atoms with Crippen molar-refractivity contribution in [3.63, 3.8) is 0 Å². The summed E-state index contributed by atoms with van der Waals surface area (Å²) in [6.45, 7) is 6.76. The fourth-order valence-electron chi connectivity index (χ4n) is 1.59. The lowest BCUT2D eigenvalue weighted by Crippen LogP contribution is -2.30. The molecule has 1 rings (SSSR count). The van der Waals surface area contributed by atoms with Crippen LogP contribution in [0, 0.1) is 5.41 Å². The van der Waals surface area contributed by atoms with Crippen LogP contribution in [-0.2, 0) is 17.9 Å². The third-order valence-electron chi connectivity index (χ3n) is 2.76. The Morgan fingerprint density at radius 1 is 1.35 bits per heavy atom. The molecule has 0 radical (unpaired) electrons. The fourth-order valence-corrected chi connectivity index (χ4v) is 1.59. The van der Waals surface area contributed by atoms with Crippen LogP contribution >= 0.6 is 0 Å². The van der Waals surface area contributed by atoms with E-state index in [9.17, 15) is 0 Å². The second-order valence-electron chi connectivity index (χ2n) is 5.04. The molecule has 1 aromatic rings. The predicted molar refractivity (Wildman–Crippen MR) is 66.6 cm³/mol. The number of furan rings is 1. The molecule has 0 aliphatic carbocycles. The van der Waals surface area contributed by atoms with Gasteiger partial charge in [-0.2, -0.15) is 0 Å². The molecule has 0 spiro atoms. The highest BCUT2D eigenvalue weighted by atomic mass is 16.5. The molecule has 0 aliphatic heterocycles. The van der Waals surface area contributed by atoms with Crippen LogP contribution in [0.1, 0.15) is 31.8 Å². The Bertz CT molecular complexity index is 320. The van der Waals surface area contributed by atoms with Crippen molar-refractivity contribution in [3.05, 3.63) is 23.7 Å². The van der Waals surface area contributed by atoms with Gasteiger partial charge >= 0.3 is 0 Å². The van der Waals surface area contributed by atoms with Crippen molar-refractivity contribution in [1.29, 1.82) is 0 Å². The second kappa shape index (κ2) is 6.79. The van der Waals surface area contributed by atoms with Crippen molar-refractivity contribution >= 4 is 0 Å². The van der Waals surface area contributed by atoms with Crippen LogP contribution < -0.4 is 5.32 Å². The Labute approximate surface area is 103 Å². The van der Waals surface area contributed by atoms with Gasteiger partial charge in [-0.15, -0.1) is 0 Å². The number of ether oxygens (including phenoxy) is 1. The number of rotatable bonds is 8. The van der Waals surface area contributed by atoms with Gasteiger partial charge < -0.3 is 19.6 Å². The van der Waals surface area contributed by atoms with Crippen molar-refractivity contribution in [3.8, 4) is 0 Å². The van der Waals surface area contributed by atoms with Gasteiger partial charge in [0.05, 0.1) is 6.54 Å². The summed E-state index contributed by atoms with van der Waals surface area (Å²) in [7, 11) is 1.72. The first-order chi connectivity index (χ1) is 8.07. The van der Waals surface area contributed by atoms with Gasteiger partial charge in [0.25, 0.3) is 0 Å². The van der Waals surface area contributed by atoms with E-state index in [-0.39, 0.29) is 12.0 Å². The van der Waals surface area contributed by atoms with E-state index in [1.54, 1.807) is 13.2 Å². The van der Waals surface area contributed by atoms with Gasteiger partial charge in [-0.05, 0) is 24.0 Å². The smallest absolute Gasteiger partial charge is 0.129 e. The van der Waals surface area contributed by atoms with Crippen molar-refractivity contribution in [2.45, 2.75) is 33.4 Å². The SMILES string of the molecule is COCCC(C)(C)CNCc1ccc(CO)o1. The van der Waals surface area contributed by atoms with Crippen molar-refractivity contribution in [2.75, 3.05) is 20.3 Å². The van der Waals surface area contributed by atoms with Gasteiger partial charge in [-0.3, -0.25) is 0 Å². The third kappa shape index (κ3) is 5.35. The molecule has 4 nitrogen and oxygen atoms in total. The molecule has 0 atom stereocenters. The highest BCUT2D eigenvalue weighted by molar-refractivity contribution is 5.06. The van der Waals surface area contributed by atoms with Gasteiger partial charge in [-0.25, -0.2) is 0 Å². The van der Waals surface area contributed by atoms with Gasteiger partial charge in [0.2, 0.25) is 0 Å². The van der Waals surface area contributed by atoms with Crippen molar-refractivity contribution in [2.24, 2.45) is 5.41 Å². The molecular formula is C13H23NO3. The molecule has 4 heteroatoms. The van der Waals surface area contributed by atoms with Crippen LogP contribution in [-0.4, -0.2) is 25.4 Å². The molecule has 17 heavy (non-hydrogen) atoms. The Morgan fingerprint density at radius 2 is 2.06 bits per heavy atom. The van der Waals surface area contributed by atoms with E-state index in [0.717, 1.165) is 25.3 Å². The average molecular weight is 241 g/mol. The van der Waals surface area contributed by atoms with Gasteiger partial charge in [0.15, 0.2) is 0 Å². The minimum atomic E-state index is -0.0423. The van der Waals surface area contributed by atoms with Crippen LogP contribution in [0.4, 0.5) is 0 Å². The lowest BCUT2D eigenvalue weighted by atomic mass is 9.90. The Balaban J connectivity index is 2.26. The van der Waals surface area contributed by atoms with Gasteiger partial charge in [0.1, 0.15) is 18.1 Å². The minimum absolute atomic E-state index is 0.0423. The summed E-state index contributed by atoms with van der Waals surface area (Å²) in [6.07, 6.45) is 1.02. The second-order valence-corrected chi connectivity index (χ2v) is 5.04. The first kappa shape index (κ1) is 14.2. The summed E-state index contributed by atoms with van der Waals surface area (Å²) in [5.74, 6) is 1.47. The van der Waals surface area contributed by atoms with Crippen molar-refractivity contribution < 1.29 is 14.3 Å². The number of hydrogen-bond donors (Lipinski definition) is 2. The number of nitrogens with one attached hydrogen (secondary N) is 1. The molecule has 98 valence electrons. The molecule has 0 aromatic carbocycles. The zero-order chi connectivity index (χ0) is 12.7. The zero-order valence-electron chi connectivity index (χ0n) is 11.0. The summed E-state index contributed by atoms with van der Waals surface area (Å²) in [5, 5.41) is 12.2. The molecule has 0 saturated carbocycles. The van der Waals surface area contributed by atoms with E-state index in [4.69, 9.17) is 14.3 Å². The summed E-state index contributed by atoms with van der Waals surface area (Å²) < 4.78 is 10.5. The van der Waals surface area contributed by atoms with Crippen LogP contribution in [0.15, 0.2) is 16.5 Å². The first-order valence-corrected chi connectivity index (χ1v) is 5.95. The molecule has 1 aromatic heterocycles. The summed E-state index contributed by atoms with van der Waals surface area (Å²) in [6, 6.07) is 3.69. The normalized spacial score (nSPS) is 12.0. The predicted octanol–water partition coefficient (Wildman–Crippen LogP) is 1.92. The first-order valence-electron chi connectivity index (χ1n) is 5.95. The Kier molecular flexibility index (Phi) is 5.68. The Hall–Kier alpha value is -0.840. The fraction of sp³-hybridized carbons (Fsp3) is 0.692. The van der Waals surface area contributed by atoms with E-state index < -0.39 is 0 Å². The highest BCUT2D eigenvalue weighted by Crippen LogP contribution is 2.19. The monoisotopic (exact) mass is 241 g/mol. The number of aliphatic hydroxyl groups is 1. The minimum Gasteiger partial charge on any atom is -0.462 e. The quantitative estimate of drug-likeness (QED) is 0.730. The molecule has 0 bridgehead atoms. The maximum atomic E-state index is 8.87. The lowest BCUT2D eigenvalue weighted by Gasteiger charge is -2.24. The molecule has 0 saturated heterocycles. The van der Waals surface area contributed by atoms with Crippen LogP contribution in [0.25, 0.3) is 0 Å². The maximum absolute atomic E-state index is 8.87. The summed E-state index contributed by atoms with van der Waals surface area (Å²) >= 11 is 0. The molecule has 1 heterocycles. The molecule has 0 aliphatic rings. The number of hydrogen-bond acceptors (Lipinski definition) is 4. The molecule has 0 amide bonds. The van der Waals surface area contributed by atoms with E-state index in [1.807, 2.05) is 6.07 Å². The topological polar surface area (TPSA) is 54.6 Å². The highest BCUT2D eigenvalue weighted by Gasteiger charge is 2.16. The maximum Gasteiger partial charge on any atom is 0.129 e. The molecule has 2 N–H and O–H groups in total. The summed E-state index contributed by atoms with van der Waals surface area (Å²) in [4.78, 5) is 0. The zero-order valence-corrected chi connectivity index (χ0v) is 11.0. The standard InChI is InChI=1S/C13H23NO3/c1-13(2,6-7-16-3)10-14-8-11-4-5-12(9-15)17-11/h4-5,14-15H,6-10H2,1-3H3. The largest absolute Gasteiger partial charge is 0.462 e. The van der Waals surface area contributed by atoms with E-state index in [1.165, 1.54) is 0 Å². The van der Waals surface area contributed by atoms with Gasteiger partial charge in [-0.1, -0.05) is 13.8 Å². The Morgan fingerprint density at radius 3 is 2.65 bits per heavy atom. The van der Waals surface area contributed by atoms with E-state index in [0.29, 0.717) is 12.3 Å². The van der Waals surface area contributed by atoms with Crippen LogP contribution in [0.5, 0.6) is 0 Å². The molecular weight excluding hydrogens is 218 g/mol. The average Bonchev–Trinajstić information content (AvgIpc) is 2.74. The van der Waals surface area contributed by atoms with Crippen LogP contribution in [0.2, 0.25) is 0 Å². The van der Waals surface area contributed by atoms with Crippen LogP contribution in [0.3, 0.4) is 0 Å². The lowest BCUT2D eigenvalue weighted by molar-refractivity contribution is 0.150. The number of aliphatic hydroxyl groups excluding tert-OH is 1. The molecule has 0 fully saturated rings. The van der Waals surface area contributed by atoms with Gasteiger partial charge in [0, 0.05) is 20.3 Å². The van der Waals surface area contributed by atoms with Crippen molar-refractivity contribution in [1.82, 2.24) is 5.32 Å². The van der Waals surface area contributed by atoms with E-state index in [2.05, 4.69) is 19.2 Å². The summed E-state index contributed by atoms with van der Waals surface area (Å²) in [5.41, 5.74) is 0.211. The number of methoxy groups -OCH3 is 1. The van der Waals surface area contributed by atoms with E-state index >= 15 is 0 Å². The molecule has 0 unspecified atom stereocenters.